The molecular weight excluding hydrogens is 470 g/mol. The van der Waals surface area contributed by atoms with Gasteiger partial charge in [0.15, 0.2) is 22.6 Å². The fraction of sp³-hybridized carbons (Fsp3) is 0.0952. The molecule has 3 rings (SSSR count). The zero-order chi connectivity index (χ0) is 24.8. The van der Waals surface area contributed by atoms with E-state index in [4.69, 9.17) is 5.73 Å². The maximum atomic E-state index is 13.3. The molecule has 0 aliphatic rings. The number of anilines is 4. The Morgan fingerprint density at radius 1 is 1.00 bits per heavy atom. The van der Waals surface area contributed by atoms with Crippen LogP contribution < -0.4 is 27.2 Å². The van der Waals surface area contributed by atoms with E-state index in [0.717, 1.165) is 23.9 Å². The molecule has 0 atom stereocenters. The molecule has 34 heavy (non-hydrogen) atoms. The lowest BCUT2D eigenvalue weighted by atomic mass is 10.2. The van der Waals surface area contributed by atoms with E-state index < -0.39 is 29.0 Å². The number of aromatic nitrogens is 2. The van der Waals surface area contributed by atoms with Crippen molar-refractivity contribution in [2.75, 3.05) is 27.4 Å². The van der Waals surface area contributed by atoms with Gasteiger partial charge in [0.05, 0.1) is 5.75 Å². The summed E-state index contributed by atoms with van der Waals surface area (Å²) in [5.74, 6) is -4.28. The predicted octanol–water partition coefficient (Wildman–Crippen LogP) is 2.57. The van der Waals surface area contributed by atoms with Gasteiger partial charge < -0.3 is 21.7 Å². The Kier molecular flexibility index (Phi) is 7.58. The lowest BCUT2D eigenvalue weighted by Crippen LogP contribution is -2.23. The van der Waals surface area contributed by atoms with Crippen molar-refractivity contribution < 1.29 is 23.2 Å². The smallest absolute Gasteiger partial charge is 0.277 e. The molecule has 0 aliphatic carbocycles. The van der Waals surface area contributed by atoms with Crippen molar-refractivity contribution in [1.29, 1.82) is 0 Å². The van der Waals surface area contributed by atoms with Gasteiger partial charge in [-0.3, -0.25) is 24.2 Å². The van der Waals surface area contributed by atoms with Crippen molar-refractivity contribution >= 4 is 52.4 Å². The number of hydrogen-bond donors (Lipinski definition) is 5. The van der Waals surface area contributed by atoms with E-state index in [2.05, 4.69) is 25.9 Å². The Morgan fingerprint density at radius 2 is 1.65 bits per heavy atom. The maximum Gasteiger partial charge on any atom is 0.277 e. The lowest BCUT2D eigenvalue weighted by molar-refractivity contribution is -0.114. The second-order valence-electron chi connectivity index (χ2n) is 6.81. The largest absolute Gasteiger partial charge is 0.382 e. The van der Waals surface area contributed by atoms with Crippen LogP contribution in [0.5, 0.6) is 0 Å². The van der Waals surface area contributed by atoms with Crippen LogP contribution in [0.25, 0.3) is 0 Å². The molecule has 0 bridgehead atoms. The summed E-state index contributed by atoms with van der Waals surface area (Å²) in [5, 5.41) is 7.49. The summed E-state index contributed by atoms with van der Waals surface area (Å²) in [6.07, 6.45) is 0. The molecule has 10 nitrogen and oxygen atoms in total. The molecule has 1 heterocycles. The highest BCUT2D eigenvalue weighted by atomic mass is 32.2. The van der Waals surface area contributed by atoms with Gasteiger partial charge in [-0.2, -0.15) is 0 Å². The number of amides is 3. The number of thioether (sulfide) groups is 1. The summed E-state index contributed by atoms with van der Waals surface area (Å²) in [6, 6.07) is 8.96. The summed E-state index contributed by atoms with van der Waals surface area (Å²) >= 11 is 0.896. The van der Waals surface area contributed by atoms with Crippen LogP contribution in [0, 0.1) is 11.6 Å². The average Bonchev–Trinajstić information content (AvgIpc) is 2.77. The number of nitrogens with one attached hydrogen (secondary N) is 4. The molecule has 0 spiro atoms. The number of halogens is 2. The molecule has 0 saturated carbocycles. The second kappa shape index (κ2) is 10.6. The van der Waals surface area contributed by atoms with Crippen LogP contribution in [0.2, 0.25) is 0 Å². The first-order valence-electron chi connectivity index (χ1n) is 9.59. The van der Waals surface area contributed by atoms with Gasteiger partial charge in [-0.05, 0) is 42.5 Å². The van der Waals surface area contributed by atoms with Crippen LogP contribution in [0.3, 0.4) is 0 Å². The molecule has 1 aromatic heterocycles. The van der Waals surface area contributed by atoms with Gasteiger partial charge >= 0.3 is 0 Å². The van der Waals surface area contributed by atoms with Gasteiger partial charge in [0.2, 0.25) is 11.8 Å². The molecule has 0 saturated heterocycles. The van der Waals surface area contributed by atoms with Crippen LogP contribution >= 0.6 is 11.8 Å². The van der Waals surface area contributed by atoms with Crippen molar-refractivity contribution in [1.82, 2.24) is 9.97 Å². The fourth-order valence-electron chi connectivity index (χ4n) is 2.65. The number of carbonyl (C=O) groups is 3. The van der Waals surface area contributed by atoms with Gasteiger partial charge in [-0.25, -0.2) is 13.8 Å². The Bertz CT molecular complexity index is 1310. The van der Waals surface area contributed by atoms with Crippen LogP contribution in [0.4, 0.5) is 31.7 Å². The Morgan fingerprint density at radius 3 is 2.24 bits per heavy atom. The third kappa shape index (κ3) is 6.38. The number of carbonyl (C=O) groups excluding carboxylic acids is 3. The fourth-order valence-corrected chi connectivity index (χ4v) is 3.32. The molecule has 0 fully saturated rings. The standard InChI is InChI=1S/C21H18F2N6O4S/c1-10(30)25-12-3-5-13(6-4-12)26-16(31)9-34-21-28-18(24)17(20(33)29-21)27-19(32)11-2-7-14(22)15(23)8-11/h2-8H,9H2,1H3,(H,25,30)(H,26,31)(H,27,32)(H3,24,28,29,33). The van der Waals surface area contributed by atoms with E-state index in [0.29, 0.717) is 17.4 Å². The Hall–Kier alpha value is -4.26. The SMILES string of the molecule is CC(=O)Nc1ccc(NC(=O)CSc2nc(N)c(NC(=O)c3ccc(F)c(F)c3)c(=O)[nH]2)cc1. The normalized spacial score (nSPS) is 10.4. The van der Waals surface area contributed by atoms with Crippen molar-refractivity contribution in [2.45, 2.75) is 12.1 Å². The quantitative estimate of drug-likeness (QED) is 0.252. The number of nitrogens with zero attached hydrogens (tertiary/aromatic N) is 1. The number of H-pyrrole nitrogens is 1. The highest BCUT2D eigenvalue weighted by Gasteiger charge is 2.16. The molecule has 13 heteroatoms. The Labute approximate surface area is 195 Å². The van der Waals surface area contributed by atoms with Gasteiger partial charge in [-0.15, -0.1) is 0 Å². The molecule has 176 valence electrons. The minimum atomic E-state index is -1.22. The first-order chi connectivity index (χ1) is 16.1. The molecule has 3 aromatic rings. The van der Waals surface area contributed by atoms with Crippen LogP contribution in [0.15, 0.2) is 52.4 Å². The zero-order valence-corrected chi connectivity index (χ0v) is 18.4. The third-order valence-corrected chi connectivity index (χ3v) is 5.05. The minimum absolute atomic E-state index is 0.0319. The summed E-state index contributed by atoms with van der Waals surface area (Å²) in [6.45, 7) is 1.38. The van der Waals surface area contributed by atoms with Crippen molar-refractivity contribution in [2.24, 2.45) is 0 Å². The van der Waals surface area contributed by atoms with Crippen molar-refractivity contribution in [3.63, 3.8) is 0 Å². The zero-order valence-electron chi connectivity index (χ0n) is 17.6. The van der Waals surface area contributed by atoms with Crippen LogP contribution in [-0.2, 0) is 9.59 Å². The van der Waals surface area contributed by atoms with Crippen molar-refractivity contribution in [3.8, 4) is 0 Å². The summed E-state index contributed by atoms with van der Waals surface area (Å²) < 4.78 is 26.4. The highest BCUT2D eigenvalue weighted by molar-refractivity contribution is 7.99. The summed E-state index contributed by atoms with van der Waals surface area (Å²) in [7, 11) is 0. The van der Waals surface area contributed by atoms with Crippen molar-refractivity contribution in [3.05, 3.63) is 70.0 Å². The number of nitrogen functional groups attached to an aromatic ring is 1. The van der Waals surface area contributed by atoms with Gasteiger partial charge in [0, 0.05) is 23.9 Å². The number of hydrogen-bond acceptors (Lipinski definition) is 7. The monoisotopic (exact) mass is 488 g/mol. The van der Waals surface area contributed by atoms with Gasteiger partial charge in [0.1, 0.15) is 5.69 Å². The minimum Gasteiger partial charge on any atom is -0.382 e. The van der Waals surface area contributed by atoms with Crippen LogP contribution in [-0.4, -0.2) is 33.4 Å². The lowest BCUT2D eigenvalue weighted by Gasteiger charge is -2.09. The average molecular weight is 488 g/mol. The second-order valence-corrected chi connectivity index (χ2v) is 7.77. The van der Waals surface area contributed by atoms with Crippen LogP contribution in [0.1, 0.15) is 17.3 Å². The molecule has 0 aliphatic heterocycles. The van der Waals surface area contributed by atoms with E-state index in [9.17, 15) is 28.0 Å². The molecule has 3 amide bonds. The molecule has 2 aromatic carbocycles. The number of benzene rings is 2. The van der Waals surface area contributed by atoms with E-state index >= 15 is 0 Å². The van der Waals surface area contributed by atoms with E-state index in [-0.39, 0.29) is 33.9 Å². The van der Waals surface area contributed by atoms with E-state index in [1.165, 1.54) is 6.92 Å². The molecular formula is C21H18F2N6O4S. The van der Waals surface area contributed by atoms with Gasteiger partial charge in [-0.1, -0.05) is 11.8 Å². The molecule has 0 unspecified atom stereocenters. The number of rotatable bonds is 7. The number of aromatic amines is 1. The molecule has 0 radical (unpaired) electrons. The van der Waals surface area contributed by atoms with E-state index in [1.54, 1.807) is 24.3 Å². The predicted molar refractivity (Wildman–Crippen MR) is 124 cm³/mol. The Balaban J connectivity index is 1.60. The summed E-state index contributed by atoms with van der Waals surface area (Å²) in [5.41, 5.74) is 5.44. The topological polar surface area (TPSA) is 159 Å². The third-order valence-electron chi connectivity index (χ3n) is 4.17. The maximum absolute atomic E-state index is 13.3. The van der Waals surface area contributed by atoms with E-state index in [1.807, 2.05) is 0 Å². The highest BCUT2D eigenvalue weighted by Crippen LogP contribution is 2.19. The van der Waals surface area contributed by atoms with Gasteiger partial charge in [0.25, 0.3) is 11.5 Å². The first kappa shape index (κ1) is 24.4. The number of nitrogens with two attached hydrogens (primary N) is 1. The first-order valence-corrected chi connectivity index (χ1v) is 10.6. The molecule has 6 N–H and O–H groups in total. The summed E-state index contributed by atoms with van der Waals surface area (Å²) in [4.78, 5) is 54.1.